The fourth-order valence-corrected chi connectivity index (χ4v) is 3.98. The molecular weight excluding hydrogens is 278 g/mol. The summed E-state index contributed by atoms with van der Waals surface area (Å²) >= 11 is 0. The van der Waals surface area contributed by atoms with Crippen LogP contribution in [0.2, 0.25) is 0 Å². The van der Waals surface area contributed by atoms with E-state index in [1.807, 2.05) is 6.92 Å². The summed E-state index contributed by atoms with van der Waals surface area (Å²) in [6, 6.07) is 7.05. The van der Waals surface area contributed by atoms with E-state index in [2.05, 4.69) is 5.32 Å². The molecule has 0 saturated carbocycles. The number of rotatable bonds is 4. The van der Waals surface area contributed by atoms with Crippen LogP contribution in [-0.2, 0) is 14.6 Å². The second-order valence-electron chi connectivity index (χ2n) is 4.90. The Labute approximate surface area is 119 Å². The van der Waals surface area contributed by atoms with Gasteiger partial charge in [0.05, 0.1) is 24.0 Å². The fourth-order valence-electron chi connectivity index (χ4n) is 2.28. The second kappa shape index (κ2) is 6.26. The van der Waals surface area contributed by atoms with Crippen LogP contribution in [0.15, 0.2) is 24.3 Å². The normalized spacial score (nSPS) is 21.1. The summed E-state index contributed by atoms with van der Waals surface area (Å²) in [4.78, 5) is 12.1. The number of anilines is 1. The lowest BCUT2D eigenvalue weighted by atomic mass is 10.0. The van der Waals surface area contributed by atoms with Gasteiger partial charge in [-0.2, -0.15) is 0 Å². The maximum absolute atomic E-state index is 12.1. The van der Waals surface area contributed by atoms with E-state index in [0.29, 0.717) is 25.1 Å². The van der Waals surface area contributed by atoms with Crippen molar-refractivity contribution in [3.05, 3.63) is 24.3 Å². The van der Waals surface area contributed by atoms with Gasteiger partial charge in [0.2, 0.25) is 5.91 Å². The van der Waals surface area contributed by atoms with Crippen molar-refractivity contribution in [2.45, 2.75) is 19.8 Å². The minimum atomic E-state index is -3.06. The maximum atomic E-state index is 12.1. The zero-order valence-corrected chi connectivity index (χ0v) is 12.3. The zero-order valence-electron chi connectivity index (χ0n) is 11.5. The van der Waals surface area contributed by atoms with Gasteiger partial charge in [-0.15, -0.1) is 0 Å². The Kier molecular flexibility index (Phi) is 4.65. The van der Waals surface area contributed by atoms with Crippen molar-refractivity contribution >= 4 is 21.4 Å². The van der Waals surface area contributed by atoms with Crippen molar-refractivity contribution in [3.8, 4) is 5.75 Å². The molecule has 1 saturated heterocycles. The van der Waals surface area contributed by atoms with E-state index in [4.69, 9.17) is 4.74 Å². The lowest BCUT2D eigenvalue weighted by Gasteiger charge is -2.21. The van der Waals surface area contributed by atoms with Gasteiger partial charge in [-0.3, -0.25) is 4.79 Å². The van der Waals surface area contributed by atoms with Crippen molar-refractivity contribution in [1.29, 1.82) is 0 Å². The molecule has 6 heteroatoms. The Hall–Kier alpha value is -1.56. The molecule has 1 aliphatic rings. The van der Waals surface area contributed by atoms with Crippen molar-refractivity contribution < 1.29 is 17.9 Å². The average molecular weight is 297 g/mol. The molecule has 1 fully saturated rings. The van der Waals surface area contributed by atoms with Gasteiger partial charge in [-0.05, 0) is 44.0 Å². The molecule has 0 spiro atoms. The molecule has 1 unspecified atom stereocenters. The third kappa shape index (κ3) is 3.96. The molecule has 1 atom stereocenters. The number of carbonyl (C=O) groups excluding carboxylic acids is 1. The SMILES string of the molecule is CCOc1ccc(NC(=O)C2CCCS(=O)(=O)C2)cc1. The Morgan fingerprint density at radius 1 is 1.35 bits per heavy atom. The quantitative estimate of drug-likeness (QED) is 0.920. The molecule has 0 aliphatic carbocycles. The molecule has 1 aromatic carbocycles. The van der Waals surface area contributed by atoms with Crippen molar-refractivity contribution in [2.75, 3.05) is 23.4 Å². The average Bonchev–Trinajstić information content (AvgIpc) is 2.40. The van der Waals surface area contributed by atoms with E-state index in [-0.39, 0.29) is 17.4 Å². The highest BCUT2D eigenvalue weighted by Gasteiger charge is 2.29. The Bertz CT molecular complexity index is 565. The lowest BCUT2D eigenvalue weighted by molar-refractivity contribution is -0.119. The summed E-state index contributed by atoms with van der Waals surface area (Å²) in [5.41, 5.74) is 0.654. The topological polar surface area (TPSA) is 72.5 Å². The smallest absolute Gasteiger partial charge is 0.228 e. The van der Waals surface area contributed by atoms with Crippen LogP contribution >= 0.6 is 0 Å². The van der Waals surface area contributed by atoms with Gasteiger partial charge in [0.1, 0.15) is 5.75 Å². The lowest BCUT2D eigenvalue weighted by Crippen LogP contribution is -2.34. The van der Waals surface area contributed by atoms with Crippen LogP contribution in [0.3, 0.4) is 0 Å². The summed E-state index contributed by atoms with van der Waals surface area (Å²) in [5.74, 6) is 0.221. The van der Waals surface area contributed by atoms with Crippen LogP contribution in [-0.4, -0.2) is 32.4 Å². The van der Waals surface area contributed by atoms with Crippen LogP contribution in [0.25, 0.3) is 0 Å². The van der Waals surface area contributed by atoms with E-state index >= 15 is 0 Å². The fraction of sp³-hybridized carbons (Fsp3) is 0.500. The van der Waals surface area contributed by atoms with Gasteiger partial charge in [-0.25, -0.2) is 8.42 Å². The molecule has 1 aliphatic heterocycles. The van der Waals surface area contributed by atoms with Gasteiger partial charge >= 0.3 is 0 Å². The molecule has 1 heterocycles. The first-order valence-corrected chi connectivity index (χ1v) is 8.56. The Morgan fingerprint density at radius 3 is 2.65 bits per heavy atom. The van der Waals surface area contributed by atoms with Crippen LogP contribution in [0.5, 0.6) is 5.75 Å². The molecule has 5 nitrogen and oxygen atoms in total. The largest absolute Gasteiger partial charge is 0.494 e. The molecule has 1 amide bonds. The minimum Gasteiger partial charge on any atom is -0.494 e. The highest BCUT2D eigenvalue weighted by Crippen LogP contribution is 2.21. The first kappa shape index (κ1) is 14.8. The van der Waals surface area contributed by atoms with E-state index < -0.39 is 15.8 Å². The number of nitrogens with one attached hydrogen (secondary N) is 1. The molecule has 1 N–H and O–H groups in total. The molecule has 0 aromatic heterocycles. The zero-order chi connectivity index (χ0) is 14.6. The molecule has 2 rings (SSSR count). The third-order valence-electron chi connectivity index (χ3n) is 3.27. The van der Waals surface area contributed by atoms with Gasteiger partial charge < -0.3 is 10.1 Å². The van der Waals surface area contributed by atoms with E-state index in [9.17, 15) is 13.2 Å². The minimum absolute atomic E-state index is 0.0458. The van der Waals surface area contributed by atoms with Crippen molar-refractivity contribution in [3.63, 3.8) is 0 Å². The number of hydrogen-bond acceptors (Lipinski definition) is 4. The van der Waals surface area contributed by atoms with Gasteiger partial charge in [0.15, 0.2) is 9.84 Å². The predicted octanol–water partition coefficient (Wildman–Crippen LogP) is 1.85. The van der Waals surface area contributed by atoms with E-state index in [1.165, 1.54) is 0 Å². The maximum Gasteiger partial charge on any atom is 0.228 e. The van der Waals surface area contributed by atoms with Crippen LogP contribution in [0, 0.1) is 5.92 Å². The second-order valence-corrected chi connectivity index (χ2v) is 7.13. The number of sulfone groups is 1. The summed E-state index contributed by atoms with van der Waals surface area (Å²) in [6.45, 7) is 2.49. The number of hydrogen-bond donors (Lipinski definition) is 1. The van der Waals surface area contributed by atoms with Crippen LogP contribution < -0.4 is 10.1 Å². The number of amides is 1. The molecular formula is C14H19NO4S. The summed E-state index contributed by atoms with van der Waals surface area (Å²) in [7, 11) is -3.06. The number of carbonyl (C=O) groups is 1. The van der Waals surface area contributed by atoms with Crippen LogP contribution in [0.1, 0.15) is 19.8 Å². The van der Waals surface area contributed by atoms with Crippen LogP contribution in [0.4, 0.5) is 5.69 Å². The Morgan fingerprint density at radius 2 is 2.05 bits per heavy atom. The number of ether oxygens (including phenoxy) is 1. The third-order valence-corrected chi connectivity index (χ3v) is 5.09. The van der Waals surface area contributed by atoms with Gasteiger partial charge in [0, 0.05) is 5.69 Å². The van der Waals surface area contributed by atoms with Crippen molar-refractivity contribution in [2.24, 2.45) is 5.92 Å². The highest BCUT2D eigenvalue weighted by atomic mass is 32.2. The van der Waals surface area contributed by atoms with E-state index in [1.54, 1.807) is 24.3 Å². The molecule has 0 radical (unpaired) electrons. The molecule has 20 heavy (non-hydrogen) atoms. The molecule has 110 valence electrons. The summed E-state index contributed by atoms with van der Waals surface area (Å²) in [6.07, 6.45) is 1.19. The molecule has 1 aromatic rings. The monoisotopic (exact) mass is 297 g/mol. The summed E-state index contributed by atoms with van der Waals surface area (Å²) < 4.78 is 28.4. The Balaban J connectivity index is 1.97. The predicted molar refractivity (Wildman–Crippen MR) is 77.6 cm³/mol. The first-order chi connectivity index (χ1) is 9.50. The van der Waals surface area contributed by atoms with Crippen molar-refractivity contribution in [1.82, 2.24) is 0 Å². The first-order valence-electron chi connectivity index (χ1n) is 6.74. The molecule has 0 bridgehead atoms. The van der Waals surface area contributed by atoms with E-state index in [0.717, 1.165) is 5.75 Å². The highest BCUT2D eigenvalue weighted by molar-refractivity contribution is 7.91. The summed E-state index contributed by atoms with van der Waals surface area (Å²) in [5, 5.41) is 2.76. The standard InChI is InChI=1S/C14H19NO4S/c1-2-19-13-7-5-12(6-8-13)15-14(16)11-4-3-9-20(17,18)10-11/h5-8,11H,2-4,9-10H2,1H3,(H,15,16). The van der Waals surface area contributed by atoms with Gasteiger partial charge in [-0.1, -0.05) is 0 Å². The van der Waals surface area contributed by atoms with Gasteiger partial charge in [0.25, 0.3) is 0 Å². The number of benzene rings is 1.